The smallest absolute Gasteiger partial charge is 0.228 e. The number of aromatic nitrogens is 5. The quantitative estimate of drug-likeness (QED) is 0.388. The van der Waals surface area contributed by atoms with Gasteiger partial charge < -0.3 is 14.7 Å². The van der Waals surface area contributed by atoms with E-state index in [1.165, 1.54) is 0 Å². The second kappa shape index (κ2) is 8.04. The van der Waals surface area contributed by atoms with E-state index in [2.05, 4.69) is 37.0 Å². The summed E-state index contributed by atoms with van der Waals surface area (Å²) in [5.41, 5.74) is 7.80. The van der Waals surface area contributed by atoms with Crippen molar-refractivity contribution in [1.82, 2.24) is 24.1 Å². The van der Waals surface area contributed by atoms with Gasteiger partial charge in [-0.1, -0.05) is 30.3 Å². The summed E-state index contributed by atoms with van der Waals surface area (Å²) >= 11 is 0. The molecule has 6 rings (SSSR count). The van der Waals surface area contributed by atoms with Gasteiger partial charge >= 0.3 is 0 Å². The number of carbonyl (C=O) groups is 1. The number of nitrogens with one attached hydrogen (secondary N) is 2. The summed E-state index contributed by atoms with van der Waals surface area (Å²) < 4.78 is 3.87. The van der Waals surface area contributed by atoms with Crippen LogP contribution in [0.1, 0.15) is 5.56 Å². The second-order valence-electron chi connectivity index (χ2n) is 8.36. The summed E-state index contributed by atoms with van der Waals surface area (Å²) in [6.07, 6.45) is 11.9. The van der Waals surface area contributed by atoms with Crippen molar-refractivity contribution in [2.45, 2.75) is 6.42 Å². The molecule has 0 saturated carbocycles. The van der Waals surface area contributed by atoms with Crippen LogP contribution in [0.5, 0.6) is 0 Å². The van der Waals surface area contributed by atoms with Gasteiger partial charge in [0.25, 0.3) is 0 Å². The minimum atomic E-state index is -0.0505. The van der Waals surface area contributed by atoms with E-state index >= 15 is 0 Å². The molecule has 7 heteroatoms. The fraction of sp³-hybridized carbons (Fsp3) is 0.0741. The third-order valence-corrected chi connectivity index (χ3v) is 6.03. The molecule has 6 aromatic rings. The number of hydrogen-bond donors (Lipinski definition) is 2. The molecule has 0 spiro atoms. The standard InChI is InChI=1S/C27H22N6O/c1-32-16-21(15-30-32)20-12-25-27(28-10-11-33(25)17-20)18-6-8-22(9-7-18)31-26(34)13-19-14-29-24-5-3-2-4-23(19)24/h2-12,14-17,29H,13H2,1H3,(H,31,34). The Bertz CT molecular complexity index is 1640. The van der Waals surface area contributed by atoms with Crippen molar-refractivity contribution in [2.75, 3.05) is 5.32 Å². The van der Waals surface area contributed by atoms with Crippen molar-refractivity contribution >= 4 is 28.0 Å². The highest BCUT2D eigenvalue weighted by Crippen LogP contribution is 2.29. The summed E-state index contributed by atoms with van der Waals surface area (Å²) in [6, 6.07) is 17.9. The number of fused-ring (bicyclic) bond motifs is 2. The molecule has 7 nitrogen and oxygen atoms in total. The van der Waals surface area contributed by atoms with E-state index in [0.717, 1.165) is 50.1 Å². The number of amides is 1. The SMILES string of the molecule is Cn1cc(-c2cc3c(-c4ccc(NC(=O)Cc5c[nH]c6ccccc56)cc4)nccn3c2)cn1. The summed E-state index contributed by atoms with van der Waals surface area (Å²) in [7, 11) is 1.91. The first-order valence-electron chi connectivity index (χ1n) is 11.0. The number of anilines is 1. The Labute approximate surface area is 195 Å². The highest BCUT2D eigenvalue weighted by atomic mass is 16.1. The molecule has 1 amide bonds. The van der Waals surface area contributed by atoms with Crippen LogP contribution in [0.4, 0.5) is 5.69 Å². The Balaban J connectivity index is 1.22. The monoisotopic (exact) mass is 446 g/mol. The van der Waals surface area contributed by atoms with E-state index in [1.54, 1.807) is 10.9 Å². The molecule has 0 fully saturated rings. The molecular formula is C27H22N6O. The molecule has 0 aliphatic heterocycles. The number of aromatic amines is 1. The van der Waals surface area contributed by atoms with E-state index in [0.29, 0.717) is 6.42 Å². The first-order chi connectivity index (χ1) is 16.6. The second-order valence-corrected chi connectivity index (χ2v) is 8.36. The molecule has 0 aliphatic carbocycles. The molecule has 4 heterocycles. The number of nitrogens with zero attached hydrogens (tertiary/aromatic N) is 4. The largest absolute Gasteiger partial charge is 0.361 e. The number of H-pyrrole nitrogens is 1. The molecule has 0 radical (unpaired) electrons. The van der Waals surface area contributed by atoms with Crippen LogP contribution in [0.2, 0.25) is 0 Å². The van der Waals surface area contributed by atoms with Crippen molar-refractivity contribution in [3.63, 3.8) is 0 Å². The lowest BCUT2D eigenvalue weighted by atomic mass is 10.1. The fourth-order valence-corrected chi connectivity index (χ4v) is 4.36. The molecule has 34 heavy (non-hydrogen) atoms. The molecule has 0 atom stereocenters. The van der Waals surface area contributed by atoms with Crippen molar-refractivity contribution in [1.29, 1.82) is 0 Å². The summed E-state index contributed by atoms with van der Waals surface area (Å²) in [5.74, 6) is -0.0505. The van der Waals surface area contributed by atoms with Crippen LogP contribution in [0.3, 0.4) is 0 Å². The van der Waals surface area contributed by atoms with Gasteiger partial charge in [-0.05, 0) is 29.8 Å². The zero-order valence-electron chi connectivity index (χ0n) is 18.6. The van der Waals surface area contributed by atoms with E-state index < -0.39 is 0 Å². The maximum Gasteiger partial charge on any atom is 0.228 e. The van der Waals surface area contributed by atoms with Crippen LogP contribution in [0.25, 0.3) is 38.8 Å². The summed E-state index contributed by atoms with van der Waals surface area (Å²) in [4.78, 5) is 20.5. The van der Waals surface area contributed by atoms with E-state index in [9.17, 15) is 4.79 Å². The zero-order chi connectivity index (χ0) is 23.1. The number of aryl methyl sites for hydroxylation is 1. The van der Waals surface area contributed by atoms with Gasteiger partial charge in [-0.3, -0.25) is 14.5 Å². The Kier molecular flexibility index (Phi) is 4.73. The average molecular weight is 447 g/mol. The first-order valence-corrected chi connectivity index (χ1v) is 11.0. The minimum absolute atomic E-state index is 0.0505. The molecular weight excluding hydrogens is 424 g/mol. The highest BCUT2D eigenvalue weighted by Gasteiger charge is 2.12. The molecule has 2 aromatic carbocycles. The number of para-hydroxylation sites is 1. The normalized spacial score (nSPS) is 11.3. The number of benzene rings is 2. The average Bonchev–Trinajstić information content (AvgIpc) is 3.58. The van der Waals surface area contributed by atoms with Crippen LogP contribution < -0.4 is 5.32 Å². The topological polar surface area (TPSA) is 80.0 Å². The van der Waals surface area contributed by atoms with Crippen molar-refractivity contribution in [3.05, 3.63) is 97.3 Å². The van der Waals surface area contributed by atoms with Gasteiger partial charge in [0.15, 0.2) is 0 Å². The van der Waals surface area contributed by atoms with Gasteiger partial charge in [0.1, 0.15) is 0 Å². The highest BCUT2D eigenvalue weighted by molar-refractivity contribution is 5.96. The van der Waals surface area contributed by atoms with Gasteiger partial charge in [0.2, 0.25) is 5.91 Å². The maximum atomic E-state index is 12.6. The molecule has 0 saturated heterocycles. The van der Waals surface area contributed by atoms with Gasteiger partial charge in [0, 0.05) is 71.3 Å². The van der Waals surface area contributed by atoms with E-state index in [-0.39, 0.29) is 5.91 Å². The molecule has 2 N–H and O–H groups in total. The van der Waals surface area contributed by atoms with Crippen molar-refractivity contribution < 1.29 is 4.79 Å². The number of carbonyl (C=O) groups excluding carboxylic acids is 1. The third kappa shape index (κ3) is 3.63. The lowest BCUT2D eigenvalue weighted by molar-refractivity contribution is -0.115. The van der Waals surface area contributed by atoms with Crippen LogP contribution in [-0.4, -0.2) is 30.1 Å². The molecule has 0 aliphatic rings. The van der Waals surface area contributed by atoms with Crippen molar-refractivity contribution in [3.8, 4) is 22.4 Å². The van der Waals surface area contributed by atoms with Gasteiger partial charge in [-0.15, -0.1) is 0 Å². The van der Waals surface area contributed by atoms with E-state index in [4.69, 9.17) is 0 Å². The maximum absolute atomic E-state index is 12.6. The summed E-state index contributed by atoms with van der Waals surface area (Å²) in [5, 5.41) is 8.35. The zero-order valence-corrected chi connectivity index (χ0v) is 18.6. The fourth-order valence-electron chi connectivity index (χ4n) is 4.36. The molecule has 0 unspecified atom stereocenters. The number of hydrogen-bond acceptors (Lipinski definition) is 3. The predicted octanol–water partition coefficient (Wildman–Crippen LogP) is 5.06. The van der Waals surface area contributed by atoms with Crippen LogP contribution in [0.15, 0.2) is 91.8 Å². The van der Waals surface area contributed by atoms with Crippen LogP contribution in [0, 0.1) is 0 Å². The Hall–Kier alpha value is -4.65. The van der Waals surface area contributed by atoms with Crippen LogP contribution >= 0.6 is 0 Å². The van der Waals surface area contributed by atoms with Crippen molar-refractivity contribution in [2.24, 2.45) is 7.05 Å². The third-order valence-electron chi connectivity index (χ3n) is 6.03. The lowest BCUT2D eigenvalue weighted by Gasteiger charge is -2.07. The van der Waals surface area contributed by atoms with Gasteiger partial charge in [0.05, 0.1) is 23.8 Å². The molecule has 0 bridgehead atoms. The minimum Gasteiger partial charge on any atom is -0.361 e. The first kappa shape index (κ1) is 20.0. The van der Waals surface area contributed by atoms with Gasteiger partial charge in [-0.25, -0.2) is 0 Å². The lowest BCUT2D eigenvalue weighted by Crippen LogP contribution is -2.14. The van der Waals surface area contributed by atoms with E-state index in [1.807, 2.05) is 80.4 Å². The molecule has 4 aromatic heterocycles. The Morgan fingerprint density at radius 3 is 2.71 bits per heavy atom. The Morgan fingerprint density at radius 1 is 1.03 bits per heavy atom. The number of rotatable bonds is 5. The van der Waals surface area contributed by atoms with Gasteiger partial charge in [-0.2, -0.15) is 5.10 Å². The Morgan fingerprint density at radius 2 is 1.88 bits per heavy atom. The molecule has 166 valence electrons. The van der Waals surface area contributed by atoms with Crippen LogP contribution in [-0.2, 0) is 18.3 Å². The predicted molar refractivity (Wildman–Crippen MR) is 133 cm³/mol. The summed E-state index contributed by atoms with van der Waals surface area (Å²) in [6.45, 7) is 0.